The number of carbonyl (C=O) groups excluding carboxylic acids is 3. The van der Waals surface area contributed by atoms with E-state index in [1.54, 1.807) is 13.0 Å². The molecule has 9 nitrogen and oxygen atoms in total. The molecule has 0 aliphatic heterocycles. The molecule has 1 aromatic rings. The van der Waals surface area contributed by atoms with Gasteiger partial charge in [0.25, 0.3) is 5.91 Å². The molecule has 3 aliphatic rings. The Morgan fingerprint density at radius 1 is 1.18 bits per heavy atom. The highest BCUT2D eigenvalue weighted by atomic mass is 16.3. The summed E-state index contributed by atoms with van der Waals surface area (Å²) < 4.78 is 0. The average molecular weight is 456 g/mol. The van der Waals surface area contributed by atoms with Gasteiger partial charge >= 0.3 is 0 Å². The molecule has 7 N–H and O–H groups in total. The fourth-order valence-electron chi connectivity index (χ4n) is 5.02. The number of nitrogens with one attached hydrogen (secondary N) is 1. The normalized spacial score (nSPS) is 26.1. The highest BCUT2D eigenvalue weighted by Crippen LogP contribution is 2.52. The molecule has 3 atom stereocenters. The number of phenols is 1. The number of aliphatic hydroxyl groups is 3. The van der Waals surface area contributed by atoms with Crippen molar-refractivity contribution >= 4 is 28.8 Å². The van der Waals surface area contributed by atoms with E-state index in [2.05, 4.69) is 11.9 Å². The number of nitrogens with two attached hydrogens (primary N) is 1. The Hall–Kier alpha value is -3.43. The molecule has 33 heavy (non-hydrogen) atoms. The Bertz CT molecular complexity index is 1150. The van der Waals surface area contributed by atoms with E-state index in [4.69, 9.17) is 5.73 Å². The minimum absolute atomic E-state index is 0.0719. The topological polar surface area (TPSA) is 170 Å². The smallest absolute Gasteiger partial charge is 0.255 e. The Morgan fingerprint density at radius 3 is 2.33 bits per heavy atom. The van der Waals surface area contributed by atoms with Crippen molar-refractivity contribution in [3.8, 4) is 5.75 Å². The minimum Gasteiger partial charge on any atom is -0.508 e. The summed E-state index contributed by atoms with van der Waals surface area (Å²) in [7, 11) is 3.75. The van der Waals surface area contributed by atoms with Crippen LogP contribution in [-0.4, -0.2) is 57.6 Å². The van der Waals surface area contributed by atoms with Gasteiger partial charge in [-0.2, -0.15) is 0 Å². The van der Waals surface area contributed by atoms with Gasteiger partial charge in [-0.15, -0.1) is 0 Å². The second-order valence-corrected chi connectivity index (χ2v) is 8.67. The van der Waals surface area contributed by atoms with E-state index in [0.29, 0.717) is 11.1 Å². The van der Waals surface area contributed by atoms with Crippen LogP contribution in [0.2, 0.25) is 0 Å². The zero-order valence-electron chi connectivity index (χ0n) is 18.7. The third kappa shape index (κ3) is 3.53. The van der Waals surface area contributed by atoms with Crippen molar-refractivity contribution in [2.24, 2.45) is 17.6 Å². The second-order valence-electron chi connectivity index (χ2n) is 8.67. The number of allylic oxidation sites excluding steroid dienone is 1. The Labute approximate surface area is 190 Å². The van der Waals surface area contributed by atoms with Crippen LogP contribution in [0, 0.1) is 11.8 Å². The fraction of sp³-hybridized carbons (Fsp3) is 0.375. The van der Waals surface area contributed by atoms with E-state index in [0.717, 1.165) is 5.56 Å². The minimum atomic E-state index is -2.54. The molecule has 0 spiro atoms. The number of hydrogen-bond acceptors (Lipinski definition) is 8. The predicted octanol–water partition coefficient (Wildman–Crippen LogP) is 1.29. The van der Waals surface area contributed by atoms with Gasteiger partial charge in [0, 0.05) is 17.9 Å². The van der Waals surface area contributed by atoms with Gasteiger partial charge in [-0.1, -0.05) is 18.2 Å². The van der Waals surface area contributed by atoms with Crippen LogP contribution >= 0.6 is 0 Å². The van der Waals surface area contributed by atoms with Gasteiger partial charge in [-0.3, -0.25) is 14.4 Å². The molecule has 0 heterocycles. The molecule has 1 aromatic carbocycles. The van der Waals surface area contributed by atoms with Crippen LogP contribution < -0.4 is 11.1 Å². The lowest BCUT2D eigenvalue weighted by molar-refractivity contribution is -0.147. The molecule has 0 unspecified atom stereocenters. The molecule has 1 saturated carbocycles. The molecule has 1 fully saturated rings. The monoisotopic (exact) mass is 456 g/mol. The molecule has 0 bridgehead atoms. The van der Waals surface area contributed by atoms with Gasteiger partial charge in [0.2, 0.25) is 5.78 Å². The van der Waals surface area contributed by atoms with E-state index < -0.39 is 52.0 Å². The molecule has 3 aliphatic carbocycles. The summed E-state index contributed by atoms with van der Waals surface area (Å²) in [5.74, 6) is -6.33. The summed E-state index contributed by atoms with van der Waals surface area (Å²) in [5, 5.41) is 45.7. The third-order valence-corrected chi connectivity index (χ3v) is 6.41. The van der Waals surface area contributed by atoms with Crippen LogP contribution in [0.4, 0.5) is 0 Å². The highest BCUT2D eigenvalue weighted by Gasteiger charge is 2.60. The van der Waals surface area contributed by atoms with Crippen LogP contribution in [0.5, 0.6) is 5.75 Å². The summed E-state index contributed by atoms with van der Waals surface area (Å²) in [6, 6.07) is 3.06. The van der Waals surface area contributed by atoms with Crippen molar-refractivity contribution < 1.29 is 34.8 Å². The summed E-state index contributed by atoms with van der Waals surface area (Å²) >= 11 is 0. The van der Waals surface area contributed by atoms with E-state index in [9.17, 15) is 34.8 Å². The first-order chi connectivity index (χ1) is 15.4. The van der Waals surface area contributed by atoms with E-state index >= 15 is 0 Å². The Morgan fingerprint density at radius 2 is 1.79 bits per heavy atom. The number of ketones is 2. The SMILES string of the molecule is C=C(C)c1ccc(O)c2c1C[C@H]1C[C@H]3CC(=O)C(C(N)=O)=C(O)[C@@]3(O)C(=O)C1=C2O.CNC. The van der Waals surface area contributed by atoms with Gasteiger partial charge in [0.1, 0.15) is 22.8 Å². The van der Waals surface area contributed by atoms with Crippen molar-refractivity contribution in [3.05, 3.63) is 52.3 Å². The van der Waals surface area contributed by atoms with E-state index in [-0.39, 0.29) is 36.1 Å². The molecule has 0 radical (unpaired) electrons. The van der Waals surface area contributed by atoms with Crippen LogP contribution in [0.1, 0.15) is 36.5 Å². The van der Waals surface area contributed by atoms with E-state index in [1.807, 2.05) is 14.1 Å². The number of fused-ring (bicyclic) bond motifs is 3. The predicted molar refractivity (Wildman–Crippen MR) is 121 cm³/mol. The number of amides is 1. The largest absolute Gasteiger partial charge is 0.508 e. The zero-order chi connectivity index (χ0) is 24.8. The van der Waals surface area contributed by atoms with Gasteiger partial charge in [-0.25, -0.2) is 0 Å². The van der Waals surface area contributed by atoms with Crippen LogP contribution in [0.25, 0.3) is 11.3 Å². The number of benzene rings is 1. The highest BCUT2D eigenvalue weighted by molar-refractivity contribution is 6.22. The summed E-state index contributed by atoms with van der Waals surface area (Å²) in [5.41, 5.74) is 3.78. The average Bonchev–Trinajstić information content (AvgIpc) is 2.71. The van der Waals surface area contributed by atoms with Crippen molar-refractivity contribution in [3.63, 3.8) is 0 Å². The first-order valence-corrected chi connectivity index (χ1v) is 10.5. The summed E-state index contributed by atoms with van der Waals surface area (Å²) in [4.78, 5) is 37.3. The lowest BCUT2D eigenvalue weighted by Gasteiger charge is -2.46. The number of hydrogen-bond donors (Lipinski definition) is 6. The maximum absolute atomic E-state index is 13.3. The molecule has 4 rings (SSSR count). The van der Waals surface area contributed by atoms with Gasteiger partial charge in [0.15, 0.2) is 11.4 Å². The molecule has 1 amide bonds. The lowest BCUT2D eigenvalue weighted by Crippen LogP contribution is -2.58. The van der Waals surface area contributed by atoms with Crippen LogP contribution in [0.15, 0.2) is 35.6 Å². The zero-order valence-corrected chi connectivity index (χ0v) is 18.7. The number of primary amides is 1. The molecular formula is C24H28N2O7. The molecule has 0 saturated heterocycles. The number of aliphatic hydroxyl groups excluding tert-OH is 2. The number of phenolic OH excluding ortho intramolecular Hbond substituents is 1. The Kier molecular flexibility index (Phi) is 6.23. The quantitative estimate of drug-likeness (QED) is 0.362. The molecular weight excluding hydrogens is 428 g/mol. The number of Topliss-reactive ketones (excluding diaryl/α,β-unsaturated/α-hetero) is 2. The van der Waals surface area contributed by atoms with Gasteiger partial charge in [0.05, 0.1) is 5.56 Å². The fourth-order valence-corrected chi connectivity index (χ4v) is 5.02. The van der Waals surface area contributed by atoms with Crippen molar-refractivity contribution in [1.29, 1.82) is 0 Å². The van der Waals surface area contributed by atoms with Gasteiger partial charge in [-0.05, 0) is 57.0 Å². The third-order valence-electron chi connectivity index (χ3n) is 6.41. The first kappa shape index (κ1) is 24.2. The van der Waals surface area contributed by atoms with Crippen LogP contribution in [-0.2, 0) is 20.8 Å². The van der Waals surface area contributed by atoms with Crippen molar-refractivity contribution in [2.75, 3.05) is 14.1 Å². The molecule has 9 heteroatoms. The van der Waals surface area contributed by atoms with Crippen LogP contribution in [0.3, 0.4) is 0 Å². The lowest BCUT2D eigenvalue weighted by atomic mass is 9.59. The number of carbonyl (C=O) groups is 3. The van der Waals surface area contributed by atoms with Gasteiger partial charge < -0.3 is 31.5 Å². The van der Waals surface area contributed by atoms with Crippen molar-refractivity contribution in [2.45, 2.75) is 31.8 Å². The Balaban J connectivity index is 0.000000968. The summed E-state index contributed by atoms with van der Waals surface area (Å²) in [6.45, 7) is 5.69. The maximum atomic E-state index is 13.3. The maximum Gasteiger partial charge on any atom is 0.255 e. The van der Waals surface area contributed by atoms with E-state index in [1.165, 1.54) is 6.07 Å². The summed E-state index contributed by atoms with van der Waals surface area (Å²) in [6.07, 6.45) is 0.0363. The van der Waals surface area contributed by atoms with Crippen molar-refractivity contribution in [1.82, 2.24) is 5.32 Å². The number of aromatic hydroxyl groups is 1. The number of rotatable bonds is 2. The molecule has 0 aromatic heterocycles. The standard InChI is InChI=1S/C22H21NO7.C2H7N/c1-8(2)11-3-4-13(24)16-12(11)6-9-5-10-7-14(25)17(21(23)29)20(28)22(10,30)19(27)15(9)18(16)26;1-3-2/h3-4,9-10,24,26,28,30H,1,5-7H2,2H3,(H2,23,29);3H,1-2H3/t9-,10+,22+;/m1./s1. The first-order valence-electron chi connectivity index (χ1n) is 10.5. The second kappa shape index (κ2) is 8.49. The molecule has 176 valence electrons.